The van der Waals surface area contributed by atoms with Crippen LogP contribution in [0.1, 0.15) is 13.3 Å². The highest BCUT2D eigenvalue weighted by atomic mass is 35.5. The Hall–Kier alpha value is -1.21. The molecule has 0 aliphatic carbocycles. The number of aliphatic hydroxyl groups is 1. The predicted molar refractivity (Wildman–Crippen MR) is 89.2 cm³/mol. The summed E-state index contributed by atoms with van der Waals surface area (Å²) in [7, 11) is 0. The fourth-order valence-corrected chi connectivity index (χ4v) is 2.95. The Morgan fingerprint density at radius 1 is 1.39 bits per heavy atom. The molecule has 0 bridgehead atoms. The average molecular weight is 344 g/mol. The first-order chi connectivity index (χ1) is 11.0. The lowest BCUT2D eigenvalue weighted by Gasteiger charge is -2.38. The van der Waals surface area contributed by atoms with E-state index in [1.54, 1.807) is 0 Å². The summed E-state index contributed by atoms with van der Waals surface area (Å²) < 4.78 is 13.6. The second-order valence-corrected chi connectivity index (χ2v) is 6.17. The maximum Gasteiger partial charge on any atom is 0.238 e. The Balaban J connectivity index is 1.82. The van der Waals surface area contributed by atoms with E-state index in [1.807, 2.05) is 4.90 Å². The van der Waals surface area contributed by atoms with Crippen LogP contribution in [0.5, 0.6) is 0 Å². The molecule has 1 heterocycles. The van der Waals surface area contributed by atoms with Gasteiger partial charge in [-0.1, -0.05) is 18.5 Å². The highest BCUT2D eigenvalue weighted by molar-refractivity contribution is 6.30. The van der Waals surface area contributed by atoms with E-state index in [0.29, 0.717) is 5.02 Å². The molecule has 1 saturated heterocycles. The monoisotopic (exact) mass is 343 g/mol. The quantitative estimate of drug-likeness (QED) is 0.827. The maximum atomic E-state index is 13.6. The zero-order valence-corrected chi connectivity index (χ0v) is 14.0. The number of carbonyl (C=O) groups is 1. The Morgan fingerprint density at radius 3 is 2.70 bits per heavy atom. The predicted octanol–water partition coefficient (Wildman–Crippen LogP) is 1.81. The third-order valence-electron chi connectivity index (χ3n) is 4.17. The topological polar surface area (TPSA) is 55.8 Å². The molecule has 128 valence electrons. The van der Waals surface area contributed by atoms with Crippen molar-refractivity contribution < 1.29 is 14.3 Å². The molecular formula is C16H23ClFN3O2. The summed E-state index contributed by atoms with van der Waals surface area (Å²) in [6.07, 6.45) is 0.908. The number of rotatable bonds is 6. The van der Waals surface area contributed by atoms with Crippen molar-refractivity contribution >= 4 is 23.2 Å². The molecule has 1 aromatic rings. The molecule has 7 heteroatoms. The van der Waals surface area contributed by atoms with Gasteiger partial charge in [0.15, 0.2) is 0 Å². The molecular weight excluding hydrogens is 321 g/mol. The van der Waals surface area contributed by atoms with Crippen LogP contribution in [0.3, 0.4) is 0 Å². The van der Waals surface area contributed by atoms with Crippen LogP contribution in [0.4, 0.5) is 10.1 Å². The molecule has 2 N–H and O–H groups in total. The Bertz CT molecular complexity index is 532. The lowest BCUT2D eigenvalue weighted by molar-refractivity contribution is -0.117. The van der Waals surface area contributed by atoms with E-state index in [-0.39, 0.29) is 30.8 Å². The van der Waals surface area contributed by atoms with Gasteiger partial charge in [-0.2, -0.15) is 0 Å². The average Bonchev–Trinajstić information content (AvgIpc) is 2.53. The third kappa shape index (κ3) is 5.14. The molecule has 1 atom stereocenters. The second-order valence-electron chi connectivity index (χ2n) is 5.73. The fourth-order valence-electron chi connectivity index (χ4n) is 2.78. The van der Waals surface area contributed by atoms with Gasteiger partial charge in [0.05, 0.1) is 18.8 Å². The van der Waals surface area contributed by atoms with Crippen molar-refractivity contribution in [2.45, 2.75) is 19.4 Å². The highest BCUT2D eigenvalue weighted by Gasteiger charge is 2.23. The third-order valence-corrected chi connectivity index (χ3v) is 4.41. The summed E-state index contributed by atoms with van der Waals surface area (Å²) in [5.74, 6) is -0.755. The number of aliphatic hydroxyl groups excluding tert-OH is 1. The van der Waals surface area contributed by atoms with Crippen LogP contribution in [0.15, 0.2) is 18.2 Å². The fraction of sp³-hybridized carbons (Fsp3) is 0.562. The first-order valence-electron chi connectivity index (χ1n) is 7.85. The van der Waals surface area contributed by atoms with Crippen molar-refractivity contribution in [3.8, 4) is 0 Å². The Labute approximate surface area is 141 Å². The standard InChI is InChI=1S/C16H23ClFN3O2/c1-2-13(11-22)21-7-5-20(6-8-21)10-16(23)19-15-9-12(17)3-4-14(15)18/h3-4,9,13,22H,2,5-8,10-11H2,1H3,(H,19,23). The van der Waals surface area contributed by atoms with E-state index >= 15 is 0 Å². The lowest BCUT2D eigenvalue weighted by atomic mass is 10.1. The van der Waals surface area contributed by atoms with E-state index in [0.717, 1.165) is 32.6 Å². The number of amides is 1. The van der Waals surface area contributed by atoms with Gasteiger partial charge < -0.3 is 10.4 Å². The van der Waals surface area contributed by atoms with Crippen LogP contribution >= 0.6 is 11.6 Å². The zero-order valence-electron chi connectivity index (χ0n) is 13.3. The van der Waals surface area contributed by atoms with Gasteiger partial charge in [-0.3, -0.25) is 14.6 Å². The molecule has 5 nitrogen and oxygen atoms in total. The Morgan fingerprint density at radius 2 is 2.09 bits per heavy atom. The summed E-state index contributed by atoms with van der Waals surface area (Å²) in [4.78, 5) is 16.3. The summed E-state index contributed by atoms with van der Waals surface area (Å²) in [5.41, 5.74) is 0.104. The minimum atomic E-state index is -0.499. The largest absolute Gasteiger partial charge is 0.395 e. The van der Waals surface area contributed by atoms with E-state index in [2.05, 4.69) is 17.1 Å². The first-order valence-corrected chi connectivity index (χ1v) is 8.23. The molecule has 0 aromatic heterocycles. The van der Waals surface area contributed by atoms with Crippen LogP contribution in [0, 0.1) is 5.82 Å². The van der Waals surface area contributed by atoms with E-state index in [9.17, 15) is 14.3 Å². The maximum absolute atomic E-state index is 13.6. The SMILES string of the molecule is CCC(CO)N1CCN(CC(=O)Nc2cc(Cl)ccc2F)CC1. The molecule has 1 aromatic carbocycles. The van der Waals surface area contributed by atoms with Gasteiger partial charge in [0.1, 0.15) is 5.82 Å². The highest BCUT2D eigenvalue weighted by Crippen LogP contribution is 2.19. The first kappa shape index (κ1) is 18.1. The molecule has 2 rings (SSSR count). The van der Waals surface area contributed by atoms with Crippen LogP contribution < -0.4 is 5.32 Å². The van der Waals surface area contributed by atoms with Gasteiger partial charge in [-0.05, 0) is 24.6 Å². The lowest BCUT2D eigenvalue weighted by Crippen LogP contribution is -2.52. The van der Waals surface area contributed by atoms with Crippen molar-refractivity contribution in [3.63, 3.8) is 0 Å². The number of carbonyl (C=O) groups excluding carboxylic acids is 1. The smallest absolute Gasteiger partial charge is 0.238 e. The van der Waals surface area contributed by atoms with Gasteiger partial charge in [0.25, 0.3) is 0 Å². The van der Waals surface area contributed by atoms with Crippen LogP contribution in [-0.2, 0) is 4.79 Å². The minimum absolute atomic E-state index is 0.104. The number of piperazine rings is 1. The van der Waals surface area contributed by atoms with Crippen molar-refractivity contribution in [1.82, 2.24) is 9.80 Å². The minimum Gasteiger partial charge on any atom is -0.395 e. The molecule has 0 spiro atoms. The van der Waals surface area contributed by atoms with Gasteiger partial charge in [0.2, 0.25) is 5.91 Å². The molecule has 1 fully saturated rings. The molecule has 23 heavy (non-hydrogen) atoms. The number of halogens is 2. The number of hydrogen-bond donors (Lipinski definition) is 2. The summed E-state index contributed by atoms with van der Waals surface area (Å²) in [5, 5.41) is 12.3. The zero-order chi connectivity index (χ0) is 16.8. The molecule has 1 aliphatic rings. The molecule has 1 unspecified atom stereocenters. The normalized spacial score (nSPS) is 17.9. The van der Waals surface area contributed by atoms with E-state index in [1.165, 1.54) is 18.2 Å². The van der Waals surface area contributed by atoms with Crippen molar-refractivity contribution in [2.75, 3.05) is 44.6 Å². The summed E-state index contributed by atoms with van der Waals surface area (Å²) in [6.45, 7) is 5.57. The van der Waals surface area contributed by atoms with Gasteiger partial charge in [0, 0.05) is 37.2 Å². The summed E-state index contributed by atoms with van der Waals surface area (Å²) in [6, 6.07) is 4.26. The number of hydrogen-bond acceptors (Lipinski definition) is 4. The van der Waals surface area contributed by atoms with Crippen LogP contribution in [-0.4, -0.2) is 66.2 Å². The van der Waals surface area contributed by atoms with Gasteiger partial charge >= 0.3 is 0 Å². The van der Waals surface area contributed by atoms with E-state index < -0.39 is 5.82 Å². The second kappa shape index (κ2) is 8.59. The molecule has 0 radical (unpaired) electrons. The number of anilines is 1. The van der Waals surface area contributed by atoms with Gasteiger partial charge in [-0.15, -0.1) is 0 Å². The van der Waals surface area contributed by atoms with Crippen LogP contribution in [0.2, 0.25) is 5.02 Å². The summed E-state index contributed by atoms with van der Waals surface area (Å²) >= 11 is 5.81. The van der Waals surface area contributed by atoms with E-state index in [4.69, 9.17) is 11.6 Å². The van der Waals surface area contributed by atoms with Gasteiger partial charge in [-0.25, -0.2) is 4.39 Å². The molecule has 1 aliphatic heterocycles. The molecule has 1 amide bonds. The van der Waals surface area contributed by atoms with Crippen molar-refractivity contribution in [2.24, 2.45) is 0 Å². The number of nitrogens with zero attached hydrogens (tertiary/aromatic N) is 2. The molecule has 0 saturated carbocycles. The number of benzene rings is 1. The van der Waals surface area contributed by atoms with Crippen LogP contribution in [0.25, 0.3) is 0 Å². The number of nitrogens with one attached hydrogen (secondary N) is 1. The van der Waals surface area contributed by atoms with Crippen molar-refractivity contribution in [1.29, 1.82) is 0 Å². The van der Waals surface area contributed by atoms with Crippen molar-refractivity contribution in [3.05, 3.63) is 29.0 Å². The Kier molecular flexibility index (Phi) is 6.77.